The average Bonchev–Trinajstić information content (AvgIpc) is 3.18. The van der Waals surface area contributed by atoms with Crippen molar-refractivity contribution in [3.8, 4) is 0 Å². The summed E-state index contributed by atoms with van der Waals surface area (Å²) in [5.74, 6) is 3.88. The predicted octanol–water partition coefficient (Wildman–Crippen LogP) is 0.742. The van der Waals surface area contributed by atoms with Crippen molar-refractivity contribution in [1.29, 1.82) is 0 Å². The third-order valence-corrected chi connectivity index (χ3v) is 2.74. The number of rotatable bonds is 5. The fourth-order valence-electron chi connectivity index (χ4n) is 1.76. The van der Waals surface area contributed by atoms with Crippen LogP contribution >= 0.6 is 0 Å². The summed E-state index contributed by atoms with van der Waals surface area (Å²) in [5, 5.41) is 8.98. The Morgan fingerprint density at radius 2 is 2.11 bits per heavy atom. The van der Waals surface area contributed by atoms with Crippen LogP contribution in [0.15, 0.2) is 6.07 Å². The number of hydrazine groups is 1. The van der Waals surface area contributed by atoms with E-state index in [1.54, 1.807) is 4.90 Å². The number of alkyl halides is 3. The van der Waals surface area contributed by atoms with Crippen molar-refractivity contribution in [2.45, 2.75) is 25.1 Å². The number of halogens is 3. The Morgan fingerprint density at radius 1 is 1.42 bits per heavy atom. The Labute approximate surface area is 107 Å². The van der Waals surface area contributed by atoms with Crippen LogP contribution in [0.3, 0.4) is 0 Å². The van der Waals surface area contributed by atoms with Crippen LogP contribution < -0.4 is 16.2 Å². The first-order valence-corrected chi connectivity index (χ1v) is 5.76. The molecule has 0 spiro atoms. The summed E-state index contributed by atoms with van der Waals surface area (Å²) in [7, 11) is 0. The van der Waals surface area contributed by atoms with E-state index in [0.717, 1.165) is 12.8 Å². The molecule has 9 heteroatoms. The van der Waals surface area contributed by atoms with Crippen molar-refractivity contribution in [1.82, 2.24) is 9.97 Å². The fraction of sp³-hybridized carbons (Fsp3) is 0.600. The maximum absolute atomic E-state index is 12.7. The minimum absolute atomic E-state index is 0.110. The molecule has 4 N–H and O–H groups in total. The molecule has 0 unspecified atom stereocenters. The van der Waals surface area contributed by atoms with E-state index in [1.807, 2.05) is 0 Å². The molecule has 1 aromatic heterocycles. The number of hydrogen-bond acceptors (Lipinski definition) is 6. The number of nitrogen functional groups attached to an aromatic ring is 1. The zero-order valence-corrected chi connectivity index (χ0v) is 9.98. The van der Waals surface area contributed by atoms with E-state index in [1.165, 1.54) is 6.07 Å². The first-order valence-electron chi connectivity index (χ1n) is 5.76. The Hall–Kier alpha value is -1.61. The maximum atomic E-state index is 12.7. The monoisotopic (exact) mass is 277 g/mol. The second kappa shape index (κ2) is 5.17. The van der Waals surface area contributed by atoms with Crippen molar-refractivity contribution < 1.29 is 18.3 Å². The molecule has 19 heavy (non-hydrogen) atoms. The van der Waals surface area contributed by atoms with Gasteiger partial charge in [0.25, 0.3) is 0 Å². The average molecular weight is 277 g/mol. The van der Waals surface area contributed by atoms with Crippen molar-refractivity contribution in [2.75, 3.05) is 23.5 Å². The minimum atomic E-state index is -4.64. The highest BCUT2D eigenvalue weighted by Crippen LogP contribution is 2.33. The standard InChI is InChI=1S/C10H14F3N5O/c11-10(12,13)9-15-7(17-14)5-8(16-9)18(3-4-19)6-1-2-6/h5-6,19H,1-4,14H2,(H,15,16,17). The van der Waals surface area contributed by atoms with Crippen molar-refractivity contribution in [3.05, 3.63) is 11.9 Å². The molecule has 0 aliphatic heterocycles. The van der Waals surface area contributed by atoms with E-state index in [0.29, 0.717) is 0 Å². The van der Waals surface area contributed by atoms with Crippen LogP contribution in [0.25, 0.3) is 0 Å². The van der Waals surface area contributed by atoms with Gasteiger partial charge in [0.15, 0.2) is 0 Å². The highest BCUT2D eigenvalue weighted by atomic mass is 19.4. The Kier molecular flexibility index (Phi) is 3.76. The van der Waals surface area contributed by atoms with Gasteiger partial charge in [-0.15, -0.1) is 0 Å². The lowest BCUT2D eigenvalue weighted by Crippen LogP contribution is -2.31. The van der Waals surface area contributed by atoms with Crippen molar-refractivity contribution in [3.63, 3.8) is 0 Å². The number of nitrogens with zero attached hydrogens (tertiary/aromatic N) is 3. The number of hydrogen-bond donors (Lipinski definition) is 3. The van der Waals surface area contributed by atoms with Gasteiger partial charge in [0.1, 0.15) is 11.6 Å². The van der Waals surface area contributed by atoms with Crippen LogP contribution in [0.1, 0.15) is 18.7 Å². The molecular formula is C10H14F3N5O. The van der Waals surface area contributed by atoms with Gasteiger partial charge in [-0.2, -0.15) is 13.2 Å². The summed E-state index contributed by atoms with van der Waals surface area (Å²) in [4.78, 5) is 8.44. The minimum Gasteiger partial charge on any atom is -0.395 e. The van der Waals surface area contributed by atoms with Gasteiger partial charge in [0.2, 0.25) is 5.82 Å². The largest absolute Gasteiger partial charge is 0.451 e. The predicted molar refractivity (Wildman–Crippen MR) is 62.3 cm³/mol. The molecule has 0 saturated heterocycles. The molecule has 106 valence electrons. The fourth-order valence-corrected chi connectivity index (χ4v) is 1.76. The number of aromatic nitrogens is 2. The molecule has 1 aliphatic rings. The third kappa shape index (κ3) is 3.24. The van der Waals surface area contributed by atoms with Crippen LogP contribution in [0.5, 0.6) is 0 Å². The molecule has 0 aromatic carbocycles. The van der Waals surface area contributed by atoms with Crippen LogP contribution in [0.4, 0.5) is 24.8 Å². The number of anilines is 2. The summed E-state index contributed by atoms with van der Waals surface area (Å²) in [6.07, 6.45) is -2.90. The Bertz CT molecular complexity index is 449. The summed E-state index contributed by atoms with van der Waals surface area (Å²) in [6.45, 7) is 0.0657. The Morgan fingerprint density at radius 3 is 2.58 bits per heavy atom. The molecule has 2 rings (SSSR count). The molecule has 1 aromatic rings. The molecule has 0 atom stereocenters. The first kappa shape index (κ1) is 13.8. The summed E-state index contributed by atoms with van der Waals surface area (Å²) in [5.41, 5.74) is 2.10. The summed E-state index contributed by atoms with van der Waals surface area (Å²) in [6, 6.07) is 1.46. The van der Waals surface area contributed by atoms with Gasteiger partial charge in [-0.1, -0.05) is 0 Å². The molecule has 6 nitrogen and oxygen atoms in total. The highest BCUT2D eigenvalue weighted by molar-refractivity contribution is 5.50. The smallest absolute Gasteiger partial charge is 0.395 e. The van der Waals surface area contributed by atoms with Crippen LogP contribution in [0.2, 0.25) is 0 Å². The maximum Gasteiger partial charge on any atom is 0.451 e. The van der Waals surface area contributed by atoms with E-state index in [2.05, 4.69) is 15.4 Å². The van der Waals surface area contributed by atoms with Crippen molar-refractivity contribution >= 4 is 11.6 Å². The summed E-state index contributed by atoms with van der Waals surface area (Å²) >= 11 is 0. The lowest BCUT2D eigenvalue weighted by atomic mass is 10.4. The van der Waals surface area contributed by atoms with Gasteiger partial charge >= 0.3 is 6.18 Å². The molecule has 0 amide bonds. The van der Waals surface area contributed by atoms with Crippen molar-refractivity contribution in [2.24, 2.45) is 5.84 Å². The number of nitrogens with two attached hydrogens (primary N) is 1. The van der Waals surface area contributed by atoms with Gasteiger partial charge in [-0.05, 0) is 12.8 Å². The van der Waals surface area contributed by atoms with E-state index in [9.17, 15) is 13.2 Å². The normalized spacial score (nSPS) is 15.4. The van der Waals surface area contributed by atoms with Gasteiger partial charge in [0.05, 0.1) is 6.61 Å². The van der Waals surface area contributed by atoms with Gasteiger partial charge in [0, 0.05) is 18.7 Å². The lowest BCUT2D eigenvalue weighted by molar-refractivity contribution is -0.144. The molecule has 0 bridgehead atoms. The topological polar surface area (TPSA) is 87.3 Å². The molecule has 0 radical (unpaired) electrons. The number of nitrogens with one attached hydrogen (secondary N) is 1. The molecule has 1 heterocycles. The van der Waals surface area contributed by atoms with E-state index < -0.39 is 12.0 Å². The van der Waals surface area contributed by atoms with Crippen LogP contribution in [-0.4, -0.2) is 34.3 Å². The number of aliphatic hydroxyl groups is 1. The Balaban J connectivity index is 2.37. The molecule has 1 fully saturated rings. The van der Waals surface area contributed by atoms with Gasteiger partial charge in [-0.25, -0.2) is 15.8 Å². The van der Waals surface area contributed by atoms with E-state index >= 15 is 0 Å². The quantitative estimate of drug-likeness (QED) is 0.543. The van der Waals surface area contributed by atoms with E-state index in [-0.39, 0.29) is 30.8 Å². The summed E-state index contributed by atoms with van der Waals surface area (Å²) < 4.78 is 38.1. The van der Waals surface area contributed by atoms with Gasteiger partial charge in [-0.3, -0.25) is 0 Å². The van der Waals surface area contributed by atoms with Crippen LogP contribution in [-0.2, 0) is 6.18 Å². The molecular weight excluding hydrogens is 263 g/mol. The van der Waals surface area contributed by atoms with Gasteiger partial charge < -0.3 is 15.4 Å². The second-order valence-electron chi connectivity index (χ2n) is 4.23. The second-order valence-corrected chi connectivity index (χ2v) is 4.23. The molecule has 1 saturated carbocycles. The zero-order valence-electron chi connectivity index (χ0n) is 9.98. The zero-order chi connectivity index (χ0) is 14.0. The first-order chi connectivity index (χ1) is 8.95. The highest BCUT2D eigenvalue weighted by Gasteiger charge is 2.37. The third-order valence-electron chi connectivity index (χ3n) is 2.74. The SMILES string of the molecule is NNc1cc(N(CCO)C2CC2)nc(C(F)(F)F)n1. The van der Waals surface area contributed by atoms with Crippen LogP contribution in [0, 0.1) is 0 Å². The number of aliphatic hydroxyl groups excluding tert-OH is 1. The molecule has 1 aliphatic carbocycles. The lowest BCUT2D eigenvalue weighted by Gasteiger charge is -2.23. The van der Waals surface area contributed by atoms with E-state index in [4.69, 9.17) is 10.9 Å².